The van der Waals surface area contributed by atoms with Crippen LogP contribution in [0.3, 0.4) is 0 Å². The summed E-state index contributed by atoms with van der Waals surface area (Å²) in [7, 11) is 0. The van der Waals surface area contributed by atoms with Crippen molar-refractivity contribution < 1.29 is 9.90 Å². The Morgan fingerprint density at radius 2 is 1.85 bits per heavy atom. The standard InChI is InChI=1S/C18H28O2/c1-17-7-3-4-13(17)11-10-12-15(19)6-9-18(2,16(12)20)14(11)5-8-17/h11-15,19H,3-10H2,1-2H3/t11-,12+,13-,14+,15+,17-,18-/m0/s1. The first-order valence-electron chi connectivity index (χ1n) is 8.68. The van der Waals surface area contributed by atoms with Gasteiger partial charge in [-0.1, -0.05) is 20.3 Å². The van der Waals surface area contributed by atoms with E-state index in [0.29, 0.717) is 23.0 Å². The van der Waals surface area contributed by atoms with Gasteiger partial charge in [0.25, 0.3) is 0 Å². The lowest BCUT2D eigenvalue weighted by molar-refractivity contribution is -0.167. The normalized spacial score (nSPS) is 58.1. The van der Waals surface area contributed by atoms with Crippen molar-refractivity contribution in [3.05, 3.63) is 0 Å². The molecule has 0 heterocycles. The molecule has 0 spiro atoms. The summed E-state index contributed by atoms with van der Waals surface area (Å²) in [5.74, 6) is 2.49. The molecule has 112 valence electrons. The third-order valence-electron chi connectivity index (χ3n) is 7.89. The number of aliphatic hydroxyl groups excluding tert-OH is 1. The smallest absolute Gasteiger partial charge is 0.144 e. The Hall–Kier alpha value is -0.370. The molecule has 0 radical (unpaired) electrons. The number of hydrogen-bond donors (Lipinski definition) is 1. The zero-order valence-corrected chi connectivity index (χ0v) is 12.9. The van der Waals surface area contributed by atoms with Gasteiger partial charge in [-0.25, -0.2) is 0 Å². The van der Waals surface area contributed by atoms with Crippen molar-refractivity contribution in [1.29, 1.82) is 0 Å². The number of Topliss-reactive ketones (excluding diaryl/α,β-unsaturated/α-hetero) is 1. The Balaban J connectivity index is 1.72. The average molecular weight is 276 g/mol. The van der Waals surface area contributed by atoms with Crippen LogP contribution < -0.4 is 0 Å². The van der Waals surface area contributed by atoms with Crippen molar-refractivity contribution in [1.82, 2.24) is 0 Å². The lowest BCUT2D eigenvalue weighted by atomic mass is 9.45. The van der Waals surface area contributed by atoms with Crippen LogP contribution in [-0.4, -0.2) is 17.0 Å². The minimum atomic E-state index is -0.355. The predicted molar refractivity (Wildman–Crippen MR) is 78.1 cm³/mol. The zero-order valence-electron chi connectivity index (χ0n) is 12.9. The minimum absolute atomic E-state index is 0.0436. The van der Waals surface area contributed by atoms with Crippen LogP contribution in [0.5, 0.6) is 0 Å². The minimum Gasteiger partial charge on any atom is -0.392 e. The van der Waals surface area contributed by atoms with E-state index in [9.17, 15) is 9.90 Å². The van der Waals surface area contributed by atoms with Gasteiger partial charge in [-0.2, -0.15) is 0 Å². The number of rotatable bonds is 0. The fourth-order valence-electron chi connectivity index (χ4n) is 6.70. The van der Waals surface area contributed by atoms with Gasteiger partial charge in [-0.15, -0.1) is 0 Å². The fraction of sp³-hybridized carbons (Fsp3) is 0.944. The van der Waals surface area contributed by atoms with Crippen molar-refractivity contribution in [2.24, 2.45) is 34.5 Å². The van der Waals surface area contributed by atoms with Gasteiger partial charge in [0.2, 0.25) is 0 Å². The van der Waals surface area contributed by atoms with Crippen LogP contribution in [0.2, 0.25) is 0 Å². The molecule has 4 aliphatic rings. The Bertz CT molecular complexity index is 445. The molecule has 4 rings (SSSR count). The summed E-state index contributed by atoms with van der Waals surface area (Å²) in [4.78, 5) is 12.8. The van der Waals surface area contributed by atoms with E-state index in [1.807, 2.05) is 0 Å². The number of fused-ring (bicyclic) bond motifs is 6. The average Bonchev–Trinajstić information content (AvgIpc) is 2.80. The highest BCUT2D eigenvalue weighted by Gasteiger charge is 2.61. The van der Waals surface area contributed by atoms with E-state index in [1.54, 1.807) is 0 Å². The van der Waals surface area contributed by atoms with E-state index >= 15 is 0 Å². The van der Waals surface area contributed by atoms with E-state index < -0.39 is 0 Å². The number of aliphatic hydroxyl groups is 1. The van der Waals surface area contributed by atoms with Gasteiger partial charge in [0.15, 0.2) is 0 Å². The van der Waals surface area contributed by atoms with E-state index in [0.717, 1.165) is 25.2 Å². The molecule has 1 N–H and O–H groups in total. The fourth-order valence-corrected chi connectivity index (χ4v) is 6.70. The monoisotopic (exact) mass is 276 g/mol. The van der Waals surface area contributed by atoms with Crippen LogP contribution in [0.25, 0.3) is 0 Å². The molecular weight excluding hydrogens is 248 g/mol. The van der Waals surface area contributed by atoms with Gasteiger partial charge in [0.1, 0.15) is 5.78 Å². The van der Waals surface area contributed by atoms with E-state index in [2.05, 4.69) is 13.8 Å². The maximum Gasteiger partial charge on any atom is 0.144 e. The molecule has 0 amide bonds. The highest BCUT2D eigenvalue weighted by molar-refractivity contribution is 5.89. The van der Waals surface area contributed by atoms with Gasteiger partial charge in [0.05, 0.1) is 6.10 Å². The highest BCUT2D eigenvalue weighted by Crippen LogP contribution is 2.64. The number of ketones is 1. The van der Waals surface area contributed by atoms with Crippen LogP contribution in [-0.2, 0) is 4.79 Å². The van der Waals surface area contributed by atoms with E-state index in [4.69, 9.17) is 0 Å². The Morgan fingerprint density at radius 3 is 2.65 bits per heavy atom. The third-order valence-corrected chi connectivity index (χ3v) is 7.89. The first-order valence-corrected chi connectivity index (χ1v) is 8.68. The van der Waals surface area contributed by atoms with E-state index in [-0.39, 0.29) is 17.4 Å². The maximum absolute atomic E-state index is 12.8. The molecule has 0 aromatic carbocycles. The largest absolute Gasteiger partial charge is 0.392 e. The molecular formula is C18H28O2. The molecule has 0 aromatic rings. The quantitative estimate of drug-likeness (QED) is 0.734. The molecule has 0 aliphatic heterocycles. The highest BCUT2D eigenvalue weighted by atomic mass is 16.3. The summed E-state index contributed by atoms with van der Waals surface area (Å²) in [6.07, 6.45) is 9.11. The maximum atomic E-state index is 12.8. The summed E-state index contributed by atoms with van der Waals surface area (Å²) in [5.41, 5.74) is 0.425. The third kappa shape index (κ3) is 1.52. The molecule has 2 nitrogen and oxygen atoms in total. The molecule has 20 heavy (non-hydrogen) atoms. The summed E-state index contributed by atoms with van der Waals surface area (Å²) in [6.45, 7) is 4.72. The lowest BCUT2D eigenvalue weighted by Gasteiger charge is -2.59. The van der Waals surface area contributed by atoms with Crippen LogP contribution in [0.1, 0.15) is 65.2 Å². The van der Waals surface area contributed by atoms with Gasteiger partial charge < -0.3 is 5.11 Å². The van der Waals surface area contributed by atoms with Crippen LogP contribution in [0.4, 0.5) is 0 Å². The zero-order chi connectivity index (χ0) is 14.1. The molecule has 0 saturated heterocycles. The van der Waals surface area contributed by atoms with Gasteiger partial charge in [0, 0.05) is 11.3 Å². The number of hydrogen-bond acceptors (Lipinski definition) is 2. The summed E-state index contributed by atoms with van der Waals surface area (Å²) >= 11 is 0. The molecule has 2 bridgehead atoms. The lowest BCUT2D eigenvalue weighted by Crippen LogP contribution is -2.59. The molecule has 4 fully saturated rings. The Kier molecular flexibility index (Phi) is 2.72. The predicted octanol–water partition coefficient (Wildman–Crippen LogP) is 3.57. The summed E-state index contributed by atoms with van der Waals surface area (Å²) in [5, 5.41) is 10.3. The number of carbonyl (C=O) groups is 1. The Morgan fingerprint density at radius 1 is 1.05 bits per heavy atom. The second kappa shape index (κ2) is 4.09. The van der Waals surface area contributed by atoms with Gasteiger partial charge in [-0.05, 0) is 68.1 Å². The second-order valence-electron chi connectivity index (χ2n) is 8.69. The molecule has 0 aromatic heterocycles. The molecule has 4 aliphatic carbocycles. The van der Waals surface area contributed by atoms with Crippen molar-refractivity contribution in [3.8, 4) is 0 Å². The van der Waals surface area contributed by atoms with Crippen LogP contribution in [0.15, 0.2) is 0 Å². The first-order chi connectivity index (χ1) is 9.46. The molecule has 2 heteroatoms. The number of carbonyl (C=O) groups excluding carboxylic acids is 1. The van der Waals surface area contributed by atoms with Gasteiger partial charge in [-0.3, -0.25) is 4.79 Å². The van der Waals surface area contributed by atoms with Crippen molar-refractivity contribution in [2.75, 3.05) is 0 Å². The topological polar surface area (TPSA) is 37.3 Å². The molecule has 4 saturated carbocycles. The first kappa shape index (κ1) is 13.3. The SMILES string of the molecule is C[C@@]12CCC[C@H]1[C@@H]1C[C@H]3C(=O)[C@@](C)(CC[C@H]3O)[C@@H]1CC2. The van der Waals surface area contributed by atoms with Crippen LogP contribution >= 0.6 is 0 Å². The summed E-state index contributed by atoms with van der Waals surface area (Å²) < 4.78 is 0. The second-order valence-corrected chi connectivity index (χ2v) is 8.69. The van der Waals surface area contributed by atoms with Crippen molar-refractivity contribution in [3.63, 3.8) is 0 Å². The molecule has 7 atom stereocenters. The van der Waals surface area contributed by atoms with Gasteiger partial charge >= 0.3 is 0 Å². The summed E-state index contributed by atoms with van der Waals surface area (Å²) in [6, 6.07) is 0. The van der Waals surface area contributed by atoms with Crippen molar-refractivity contribution in [2.45, 2.75) is 71.3 Å². The van der Waals surface area contributed by atoms with E-state index in [1.165, 1.54) is 32.1 Å². The molecule has 0 unspecified atom stereocenters. The van der Waals surface area contributed by atoms with Crippen molar-refractivity contribution >= 4 is 5.78 Å². The van der Waals surface area contributed by atoms with Crippen LogP contribution in [0, 0.1) is 34.5 Å². The Labute approximate surface area is 122 Å².